The number of para-hydroxylation sites is 1. The number of rotatable bonds is 7. The number of carbonyl (C=O) groups excluding carboxylic acids is 3. The number of nitrogens with one attached hydrogen (secondary N) is 2. The Bertz CT molecular complexity index is 1030. The number of aryl methyl sites for hydroxylation is 2. The van der Waals surface area contributed by atoms with Gasteiger partial charge < -0.3 is 20.1 Å². The third-order valence-corrected chi connectivity index (χ3v) is 5.24. The number of amides is 3. The van der Waals surface area contributed by atoms with Crippen LogP contribution in [0.4, 0.5) is 10.5 Å². The highest BCUT2D eigenvalue weighted by Crippen LogP contribution is 2.29. The molecule has 1 aliphatic rings. The first kappa shape index (κ1) is 23.0. The van der Waals surface area contributed by atoms with Gasteiger partial charge in [-0.15, -0.1) is 0 Å². The molecule has 2 atom stereocenters. The predicted octanol–water partition coefficient (Wildman–Crippen LogP) is 3.73. The van der Waals surface area contributed by atoms with Gasteiger partial charge in [-0.3, -0.25) is 9.59 Å². The Labute approximate surface area is 187 Å². The Morgan fingerprint density at radius 1 is 1.06 bits per heavy atom. The lowest BCUT2D eigenvalue weighted by molar-refractivity contribution is -0.146. The van der Waals surface area contributed by atoms with Gasteiger partial charge in [0, 0.05) is 11.4 Å². The molecule has 8 heteroatoms. The second-order valence-corrected chi connectivity index (χ2v) is 7.58. The Morgan fingerprint density at radius 3 is 2.34 bits per heavy atom. The topological polar surface area (TPSA) is 106 Å². The molecule has 0 aliphatic carbocycles. The average molecular weight is 437 g/mol. The van der Waals surface area contributed by atoms with Crippen LogP contribution < -0.4 is 15.4 Å². The molecule has 0 radical (unpaired) electrons. The number of urea groups is 1. The number of hydrogen-bond acceptors (Lipinski definition) is 5. The summed E-state index contributed by atoms with van der Waals surface area (Å²) < 4.78 is 10.8. The van der Waals surface area contributed by atoms with Crippen molar-refractivity contribution in [2.75, 3.05) is 18.5 Å². The molecule has 2 N–H and O–H groups in total. The number of nitrogens with zero attached hydrogens (tertiary/aromatic N) is 1. The number of esters is 1. The lowest BCUT2D eigenvalue weighted by Crippen LogP contribution is -2.44. The van der Waals surface area contributed by atoms with Crippen LogP contribution in [0.1, 0.15) is 36.6 Å². The molecule has 0 bridgehead atoms. The average Bonchev–Trinajstić information content (AvgIpc) is 2.75. The van der Waals surface area contributed by atoms with E-state index in [2.05, 4.69) is 15.6 Å². The molecule has 0 spiro atoms. The van der Waals surface area contributed by atoms with Gasteiger partial charge in [0.05, 0.1) is 12.6 Å². The lowest BCUT2D eigenvalue weighted by Gasteiger charge is -2.29. The van der Waals surface area contributed by atoms with E-state index in [9.17, 15) is 14.4 Å². The molecule has 2 aromatic rings. The zero-order valence-corrected chi connectivity index (χ0v) is 18.6. The van der Waals surface area contributed by atoms with Gasteiger partial charge in [0.1, 0.15) is 11.7 Å². The molecule has 2 unspecified atom stereocenters. The van der Waals surface area contributed by atoms with E-state index in [-0.39, 0.29) is 19.1 Å². The molecular weight excluding hydrogens is 410 g/mol. The fourth-order valence-electron chi connectivity index (χ4n) is 3.64. The SMILES string of the molecule is CCOC(=O)C1C(C)=NC(=O)NC1c1ccc(OCC(=O)Nc2c(C)cccc2C)cc1. The van der Waals surface area contributed by atoms with Crippen molar-refractivity contribution >= 4 is 29.3 Å². The third-order valence-electron chi connectivity index (χ3n) is 5.24. The summed E-state index contributed by atoms with van der Waals surface area (Å²) in [7, 11) is 0. The van der Waals surface area contributed by atoms with Crippen LogP contribution in [0.3, 0.4) is 0 Å². The monoisotopic (exact) mass is 437 g/mol. The van der Waals surface area contributed by atoms with Crippen molar-refractivity contribution < 1.29 is 23.9 Å². The van der Waals surface area contributed by atoms with Gasteiger partial charge in [-0.05, 0) is 56.5 Å². The van der Waals surface area contributed by atoms with Gasteiger partial charge in [0.25, 0.3) is 5.91 Å². The van der Waals surface area contributed by atoms with E-state index >= 15 is 0 Å². The number of ether oxygens (including phenoxy) is 2. The third kappa shape index (κ3) is 5.32. The Balaban J connectivity index is 1.66. The minimum absolute atomic E-state index is 0.148. The first-order valence-corrected chi connectivity index (χ1v) is 10.4. The summed E-state index contributed by atoms with van der Waals surface area (Å²) >= 11 is 0. The highest BCUT2D eigenvalue weighted by atomic mass is 16.5. The molecule has 0 fully saturated rings. The summed E-state index contributed by atoms with van der Waals surface area (Å²) in [6, 6.07) is 11.6. The molecule has 3 amide bonds. The van der Waals surface area contributed by atoms with Crippen molar-refractivity contribution in [3.63, 3.8) is 0 Å². The number of carbonyl (C=O) groups is 3. The van der Waals surface area contributed by atoms with E-state index < -0.39 is 24.0 Å². The maximum atomic E-state index is 12.4. The number of aliphatic imine (C=N–C) groups is 1. The van der Waals surface area contributed by atoms with E-state index in [1.807, 2.05) is 32.0 Å². The van der Waals surface area contributed by atoms with Gasteiger partial charge in [0.2, 0.25) is 0 Å². The number of hydrogen-bond donors (Lipinski definition) is 2. The predicted molar refractivity (Wildman–Crippen MR) is 121 cm³/mol. The van der Waals surface area contributed by atoms with Crippen molar-refractivity contribution in [1.29, 1.82) is 0 Å². The molecular formula is C24H27N3O5. The van der Waals surface area contributed by atoms with Crippen molar-refractivity contribution in [2.24, 2.45) is 10.9 Å². The van der Waals surface area contributed by atoms with Crippen LogP contribution in [0.25, 0.3) is 0 Å². The van der Waals surface area contributed by atoms with Gasteiger partial charge in [-0.1, -0.05) is 30.3 Å². The summed E-state index contributed by atoms with van der Waals surface area (Å²) in [6.45, 7) is 7.32. The fourth-order valence-corrected chi connectivity index (χ4v) is 3.64. The molecule has 0 saturated carbocycles. The summed E-state index contributed by atoms with van der Waals surface area (Å²) in [5.41, 5.74) is 3.85. The summed E-state index contributed by atoms with van der Waals surface area (Å²) in [5.74, 6) is -0.921. The largest absolute Gasteiger partial charge is 0.484 e. The number of anilines is 1. The summed E-state index contributed by atoms with van der Waals surface area (Å²) in [5, 5.41) is 5.60. The smallest absolute Gasteiger partial charge is 0.341 e. The van der Waals surface area contributed by atoms with Crippen LogP contribution in [-0.4, -0.2) is 36.8 Å². The quantitative estimate of drug-likeness (QED) is 0.642. The van der Waals surface area contributed by atoms with Crippen LogP contribution in [-0.2, 0) is 14.3 Å². The summed E-state index contributed by atoms with van der Waals surface area (Å²) in [6.07, 6.45) is 0. The van der Waals surface area contributed by atoms with E-state index in [0.717, 1.165) is 16.8 Å². The Kier molecular flexibility index (Phi) is 7.25. The summed E-state index contributed by atoms with van der Waals surface area (Å²) in [4.78, 5) is 40.5. The highest BCUT2D eigenvalue weighted by molar-refractivity contribution is 6.08. The first-order chi connectivity index (χ1) is 15.3. The minimum atomic E-state index is -0.706. The van der Waals surface area contributed by atoms with Crippen LogP contribution in [0.15, 0.2) is 47.5 Å². The lowest BCUT2D eigenvalue weighted by atomic mass is 9.88. The van der Waals surface area contributed by atoms with Gasteiger partial charge in [0.15, 0.2) is 6.61 Å². The molecule has 168 valence electrons. The van der Waals surface area contributed by atoms with Crippen LogP contribution >= 0.6 is 0 Å². The normalized spacial score (nSPS) is 17.8. The molecule has 8 nitrogen and oxygen atoms in total. The molecule has 3 rings (SSSR count). The minimum Gasteiger partial charge on any atom is -0.484 e. The van der Waals surface area contributed by atoms with Crippen molar-refractivity contribution in [3.8, 4) is 5.75 Å². The zero-order chi connectivity index (χ0) is 23.3. The van der Waals surface area contributed by atoms with Crippen molar-refractivity contribution in [1.82, 2.24) is 5.32 Å². The maximum absolute atomic E-state index is 12.4. The second-order valence-electron chi connectivity index (χ2n) is 7.58. The molecule has 32 heavy (non-hydrogen) atoms. The molecule has 2 aromatic carbocycles. The molecule has 0 saturated heterocycles. The first-order valence-electron chi connectivity index (χ1n) is 10.4. The standard InChI is InChI=1S/C24H27N3O5/c1-5-31-23(29)20-16(4)25-24(30)27-22(20)17-9-11-18(12-10-17)32-13-19(28)26-21-14(2)7-6-8-15(21)3/h6-12,20,22H,5,13H2,1-4H3,(H,26,28)(H,27,30). The van der Waals surface area contributed by atoms with Crippen LogP contribution in [0.5, 0.6) is 5.75 Å². The van der Waals surface area contributed by atoms with E-state index in [1.54, 1.807) is 38.1 Å². The van der Waals surface area contributed by atoms with Gasteiger partial charge >= 0.3 is 12.0 Å². The van der Waals surface area contributed by atoms with E-state index in [4.69, 9.17) is 9.47 Å². The van der Waals surface area contributed by atoms with E-state index in [1.165, 1.54) is 0 Å². The highest BCUT2D eigenvalue weighted by Gasteiger charge is 2.37. The zero-order valence-electron chi connectivity index (χ0n) is 18.6. The van der Waals surface area contributed by atoms with Crippen molar-refractivity contribution in [2.45, 2.75) is 33.7 Å². The fraction of sp³-hybridized carbons (Fsp3) is 0.333. The molecule has 1 aliphatic heterocycles. The Hall–Kier alpha value is -3.68. The van der Waals surface area contributed by atoms with E-state index in [0.29, 0.717) is 17.0 Å². The molecule has 1 heterocycles. The molecule has 0 aromatic heterocycles. The van der Waals surface area contributed by atoms with Gasteiger partial charge in [-0.25, -0.2) is 9.79 Å². The van der Waals surface area contributed by atoms with Crippen LogP contribution in [0.2, 0.25) is 0 Å². The van der Waals surface area contributed by atoms with Gasteiger partial charge in [-0.2, -0.15) is 0 Å². The van der Waals surface area contributed by atoms with Crippen LogP contribution in [0, 0.1) is 19.8 Å². The second kappa shape index (κ2) is 10.1. The number of benzene rings is 2. The Morgan fingerprint density at radius 2 is 1.72 bits per heavy atom. The van der Waals surface area contributed by atoms with Crippen molar-refractivity contribution in [3.05, 3.63) is 59.2 Å². The maximum Gasteiger partial charge on any atom is 0.341 e.